The molecule has 6 nitrogen and oxygen atoms in total. The van der Waals surface area contributed by atoms with Crippen molar-refractivity contribution in [1.29, 1.82) is 0 Å². The topological polar surface area (TPSA) is 98.7 Å². The number of aliphatic hydroxyl groups is 1. The predicted molar refractivity (Wildman–Crippen MR) is 72.5 cm³/mol. The van der Waals surface area contributed by atoms with E-state index in [1.807, 2.05) is 23.6 Å². The molecule has 2 aromatic rings. The largest absolute Gasteiger partial charge is 0.479 e. The zero-order chi connectivity index (χ0) is 13.8. The lowest BCUT2D eigenvalue weighted by atomic mass is 10.2. The molecule has 0 aliphatic carbocycles. The van der Waals surface area contributed by atoms with Crippen LogP contribution in [-0.4, -0.2) is 34.9 Å². The van der Waals surface area contributed by atoms with Gasteiger partial charge in [-0.2, -0.15) is 0 Å². The van der Waals surface area contributed by atoms with Gasteiger partial charge in [0, 0.05) is 10.4 Å². The molecule has 0 fully saturated rings. The molecular formula is C12H12N2O4S. The number of rotatable bonds is 4. The van der Waals surface area contributed by atoms with Crippen LogP contribution < -0.4 is 10.6 Å². The van der Waals surface area contributed by atoms with Gasteiger partial charge in [-0.3, -0.25) is 0 Å². The third-order valence-corrected chi connectivity index (χ3v) is 3.35. The Kier molecular flexibility index (Phi) is 3.98. The summed E-state index contributed by atoms with van der Waals surface area (Å²) in [7, 11) is 0. The number of hydrogen-bond donors (Lipinski definition) is 4. The van der Waals surface area contributed by atoms with Crippen molar-refractivity contribution in [3.63, 3.8) is 0 Å². The maximum Gasteiger partial charge on any atom is 0.334 e. The van der Waals surface area contributed by atoms with Crippen LogP contribution in [0.1, 0.15) is 0 Å². The summed E-state index contributed by atoms with van der Waals surface area (Å²) < 4.78 is 1.12. The molecular weight excluding hydrogens is 268 g/mol. The molecule has 0 aliphatic rings. The fourth-order valence-corrected chi connectivity index (χ4v) is 2.27. The van der Waals surface area contributed by atoms with E-state index in [0.717, 1.165) is 10.1 Å². The standard InChI is InChI=1S/C12H12N2O4S/c15-9(11(16)17)6-13-12(18)14-8-1-2-10-7(5-8)3-4-19-10/h1-5,9,15H,6H2,(H,16,17)(H2,13,14,18). The quantitative estimate of drug-likeness (QED) is 0.681. The average molecular weight is 280 g/mol. The van der Waals surface area contributed by atoms with E-state index in [4.69, 9.17) is 10.2 Å². The van der Waals surface area contributed by atoms with Crippen molar-refractivity contribution in [3.05, 3.63) is 29.6 Å². The van der Waals surface area contributed by atoms with Crippen LogP contribution >= 0.6 is 11.3 Å². The predicted octanol–water partition coefficient (Wildman–Crippen LogP) is 1.47. The van der Waals surface area contributed by atoms with Crippen molar-refractivity contribution >= 4 is 39.1 Å². The number of aliphatic hydroxyl groups excluding tert-OH is 1. The maximum atomic E-state index is 11.5. The molecule has 0 saturated heterocycles. The highest BCUT2D eigenvalue weighted by molar-refractivity contribution is 7.17. The van der Waals surface area contributed by atoms with E-state index in [1.54, 1.807) is 17.4 Å². The highest BCUT2D eigenvalue weighted by Crippen LogP contribution is 2.23. The second kappa shape index (κ2) is 5.68. The van der Waals surface area contributed by atoms with E-state index in [2.05, 4.69) is 10.6 Å². The molecule has 0 saturated carbocycles. The molecule has 1 atom stereocenters. The number of fused-ring (bicyclic) bond motifs is 1. The summed E-state index contributed by atoms with van der Waals surface area (Å²) in [5.74, 6) is -1.38. The van der Waals surface area contributed by atoms with E-state index < -0.39 is 18.1 Å². The number of carbonyl (C=O) groups excluding carboxylic acids is 1. The Bertz CT molecular complexity index is 611. The smallest absolute Gasteiger partial charge is 0.334 e. The van der Waals surface area contributed by atoms with E-state index in [1.165, 1.54) is 0 Å². The molecule has 0 bridgehead atoms. The number of thiophene rings is 1. The van der Waals surface area contributed by atoms with Gasteiger partial charge >= 0.3 is 12.0 Å². The number of hydrogen-bond acceptors (Lipinski definition) is 4. The number of carbonyl (C=O) groups is 2. The molecule has 100 valence electrons. The van der Waals surface area contributed by atoms with Crippen LogP contribution in [0.4, 0.5) is 10.5 Å². The zero-order valence-corrected chi connectivity index (χ0v) is 10.6. The van der Waals surface area contributed by atoms with E-state index in [0.29, 0.717) is 5.69 Å². The van der Waals surface area contributed by atoms with E-state index in [-0.39, 0.29) is 6.54 Å². The summed E-state index contributed by atoms with van der Waals surface area (Å²) in [6.07, 6.45) is -1.61. The number of amides is 2. The Morgan fingerprint density at radius 2 is 2.11 bits per heavy atom. The van der Waals surface area contributed by atoms with Gasteiger partial charge in [0.15, 0.2) is 6.10 Å². The first kappa shape index (κ1) is 13.3. The zero-order valence-electron chi connectivity index (χ0n) is 9.79. The number of urea groups is 1. The molecule has 1 heterocycles. The van der Waals surface area contributed by atoms with Crippen LogP contribution in [0.3, 0.4) is 0 Å². The van der Waals surface area contributed by atoms with E-state index >= 15 is 0 Å². The van der Waals surface area contributed by atoms with Crippen LogP contribution in [0, 0.1) is 0 Å². The summed E-state index contributed by atoms with van der Waals surface area (Å²) >= 11 is 1.61. The lowest BCUT2D eigenvalue weighted by Crippen LogP contribution is -2.38. The van der Waals surface area contributed by atoms with Crippen LogP contribution in [0.25, 0.3) is 10.1 Å². The molecule has 0 aliphatic heterocycles. The number of nitrogens with one attached hydrogen (secondary N) is 2. The summed E-state index contributed by atoms with van der Waals surface area (Å²) in [4.78, 5) is 21.9. The molecule has 1 aromatic carbocycles. The van der Waals surface area contributed by atoms with Gasteiger partial charge in [-0.05, 0) is 35.0 Å². The first-order valence-electron chi connectivity index (χ1n) is 5.49. The summed E-state index contributed by atoms with van der Waals surface area (Å²) in [6.45, 7) is -0.345. The van der Waals surface area contributed by atoms with Gasteiger partial charge in [0.1, 0.15) is 0 Å². The SMILES string of the molecule is O=C(NCC(O)C(=O)O)Nc1ccc2sccc2c1. The number of carboxylic acids is 1. The Morgan fingerprint density at radius 1 is 1.32 bits per heavy atom. The Balaban J connectivity index is 1.93. The molecule has 2 amide bonds. The van der Waals surface area contributed by atoms with Crippen LogP contribution in [0.5, 0.6) is 0 Å². The highest BCUT2D eigenvalue weighted by atomic mass is 32.1. The number of carboxylic acid groups (broad SMARTS) is 1. The minimum absolute atomic E-state index is 0.345. The third kappa shape index (κ3) is 3.43. The Morgan fingerprint density at radius 3 is 2.84 bits per heavy atom. The van der Waals surface area contributed by atoms with Crippen molar-refractivity contribution in [3.8, 4) is 0 Å². The van der Waals surface area contributed by atoms with E-state index in [9.17, 15) is 9.59 Å². The molecule has 1 unspecified atom stereocenters. The lowest BCUT2D eigenvalue weighted by Gasteiger charge is -2.09. The van der Waals surface area contributed by atoms with Gasteiger partial charge < -0.3 is 20.8 Å². The van der Waals surface area contributed by atoms with Gasteiger partial charge in [-0.25, -0.2) is 9.59 Å². The van der Waals surface area contributed by atoms with Gasteiger partial charge in [0.2, 0.25) is 0 Å². The normalized spacial score (nSPS) is 12.1. The first-order chi connectivity index (χ1) is 9.06. The Hall–Kier alpha value is -2.12. The minimum Gasteiger partial charge on any atom is -0.479 e. The average Bonchev–Trinajstić information content (AvgIpc) is 2.83. The van der Waals surface area contributed by atoms with Crippen molar-refractivity contribution in [2.45, 2.75) is 6.10 Å². The molecule has 1 aromatic heterocycles. The number of aliphatic carboxylic acids is 1. The Labute approximate surface area is 112 Å². The lowest BCUT2D eigenvalue weighted by molar-refractivity contribution is -0.146. The fourth-order valence-electron chi connectivity index (χ4n) is 1.50. The van der Waals surface area contributed by atoms with Gasteiger partial charge in [0.05, 0.1) is 6.54 Å². The van der Waals surface area contributed by atoms with Crippen LogP contribution in [-0.2, 0) is 4.79 Å². The summed E-state index contributed by atoms with van der Waals surface area (Å²) in [6, 6.07) is 6.85. The monoisotopic (exact) mass is 280 g/mol. The van der Waals surface area contributed by atoms with Crippen molar-refractivity contribution in [2.24, 2.45) is 0 Å². The second-order valence-corrected chi connectivity index (χ2v) is 4.81. The summed E-state index contributed by atoms with van der Waals surface area (Å²) in [5.41, 5.74) is 0.605. The molecule has 0 spiro atoms. The van der Waals surface area contributed by atoms with Crippen LogP contribution in [0.2, 0.25) is 0 Å². The highest BCUT2D eigenvalue weighted by Gasteiger charge is 2.14. The fraction of sp³-hybridized carbons (Fsp3) is 0.167. The number of benzene rings is 1. The minimum atomic E-state index is -1.61. The molecule has 19 heavy (non-hydrogen) atoms. The summed E-state index contributed by atoms with van der Waals surface area (Å²) in [5, 5.41) is 25.3. The number of anilines is 1. The first-order valence-corrected chi connectivity index (χ1v) is 6.37. The maximum absolute atomic E-state index is 11.5. The van der Waals surface area contributed by atoms with Crippen LogP contribution in [0.15, 0.2) is 29.6 Å². The van der Waals surface area contributed by atoms with Gasteiger partial charge in [-0.15, -0.1) is 11.3 Å². The molecule has 4 N–H and O–H groups in total. The van der Waals surface area contributed by atoms with Gasteiger partial charge in [-0.1, -0.05) is 0 Å². The van der Waals surface area contributed by atoms with Gasteiger partial charge in [0.25, 0.3) is 0 Å². The third-order valence-electron chi connectivity index (χ3n) is 2.45. The molecule has 7 heteroatoms. The van der Waals surface area contributed by atoms with Crippen molar-refractivity contribution in [1.82, 2.24) is 5.32 Å². The molecule has 0 radical (unpaired) electrons. The second-order valence-electron chi connectivity index (χ2n) is 3.86. The van der Waals surface area contributed by atoms with Crippen molar-refractivity contribution in [2.75, 3.05) is 11.9 Å². The molecule has 2 rings (SSSR count). The van der Waals surface area contributed by atoms with Crippen molar-refractivity contribution < 1.29 is 19.8 Å².